The topological polar surface area (TPSA) is 394 Å². The molecule has 12 N–H and O–H groups in total. The minimum absolute atomic E-state index is 0.0516. The maximum Gasteiger partial charge on any atom is 0.481 e. The molecule has 5 heterocycles. The summed E-state index contributed by atoms with van der Waals surface area (Å²) < 4.78 is 38.2. The predicted molar refractivity (Wildman–Crippen MR) is 180 cm³/mol. The third-order valence-electron chi connectivity index (χ3n) is 8.18. The molecule has 0 radical (unpaired) electrons. The Morgan fingerprint density at radius 1 is 1.00 bits per heavy atom. The molecule has 25 nitrogen and oxygen atoms in total. The van der Waals surface area contributed by atoms with Gasteiger partial charge in [0.25, 0.3) is 5.56 Å². The Morgan fingerprint density at radius 3 is 2.35 bits per heavy atom. The number of hydrogen-bond acceptors (Lipinski definition) is 19. The standard InChI is InChI=1S/C17H20N4O6.C10H15N5O10P2/c1-7-3-9-10(4-8(7)2)21(5-11(23)14(25)12(24)6-22)15-13(18-9)16(26)20-17(27)19-15;11-8-5-9(13-2-12-8)15(3-14-5)10-7(17)6(16)4(24-10)1-23-27(21,22)25-26(18,19)20/h3-4,11-12,14,22-25H,5-6H2,1-2H3,(H,20,26,27);2-4,6-7,10,16-17H,1H2,(H,21,22)(H2,11,12,13)(H2,18,19,20)/t11-,12+,14-;4-,6-,7-,10-/m11/s1. The zero-order valence-corrected chi connectivity index (χ0v) is 29.7. The summed E-state index contributed by atoms with van der Waals surface area (Å²) in [4.78, 5) is 72.1. The Morgan fingerprint density at radius 2 is 1.69 bits per heavy atom. The van der Waals surface area contributed by atoms with Gasteiger partial charge in [-0.2, -0.15) is 9.29 Å². The Hall–Kier alpha value is -4.17. The lowest BCUT2D eigenvalue weighted by atomic mass is 10.1. The molecule has 8 atom stereocenters. The number of hydrogen-bond donors (Lipinski definition) is 11. The molecule has 2 aromatic heterocycles. The second-order valence-electron chi connectivity index (χ2n) is 12.0. The fourth-order valence-electron chi connectivity index (χ4n) is 5.37. The molecular weight excluding hydrogens is 768 g/mol. The number of nitrogens with one attached hydrogen (secondary N) is 1. The highest BCUT2D eigenvalue weighted by atomic mass is 31.3. The SMILES string of the molecule is Cc1cc2nc3c(=O)[nH]c(=O)nc-3n(C[C@@H](O)[C@@H](O)[C@@H](O)CO)c2cc1C.Nc1ncnc2c1ncn2[C@@H]1O[C@H](COP(=O)(O)OP(=O)(O)O)[C@@H](O)[C@H]1O. The number of phosphoric ester groups is 1. The van der Waals surface area contributed by atoms with Crippen LogP contribution in [0.5, 0.6) is 0 Å². The van der Waals surface area contributed by atoms with Gasteiger partial charge in [0.15, 0.2) is 29.2 Å². The van der Waals surface area contributed by atoms with Crippen LogP contribution in [0.25, 0.3) is 33.7 Å². The van der Waals surface area contributed by atoms with Gasteiger partial charge in [-0.3, -0.25) is 18.9 Å². The van der Waals surface area contributed by atoms with Crippen LogP contribution in [0.2, 0.25) is 0 Å². The molecule has 3 aliphatic rings. The Labute approximate surface area is 301 Å². The number of nitrogen functional groups attached to an aromatic ring is 1. The first kappa shape index (κ1) is 41.0. The van der Waals surface area contributed by atoms with Gasteiger partial charge in [-0.15, -0.1) is 0 Å². The van der Waals surface area contributed by atoms with E-state index in [0.717, 1.165) is 17.5 Å². The van der Waals surface area contributed by atoms with Crippen LogP contribution in [0.4, 0.5) is 5.82 Å². The smallest absolute Gasteiger partial charge is 0.394 e. The predicted octanol–water partition coefficient (Wildman–Crippen LogP) is -3.47. The zero-order chi connectivity index (χ0) is 39.9. The van der Waals surface area contributed by atoms with Crippen molar-refractivity contribution >= 4 is 43.7 Å². The number of aromatic nitrogens is 8. The quantitative estimate of drug-likeness (QED) is 0.0456. The molecule has 0 aliphatic carbocycles. The normalized spacial score (nSPS) is 21.8. The van der Waals surface area contributed by atoms with E-state index in [-0.39, 0.29) is 35.0 Å². The molecule has 27 heteroatoms. The van der Waals surface area contributed by atoms with Gasteiger partial charge in [0.1, 0.15) is 48.5 Å². The number of nitrogens with zero attached hydrogens (tertiary/aromatic N) is 7. The van der Waals surface area contributed by atoms with Crippen molar-refractivity contribution in [3.63, 3.8) is 0 Å². The van der Waals surface area contributed by atoms with Crippen LogP contribution in [0.15, 0.2) is 34.4 Å². The van der Waals surface area contributed by atoms with Gasteiger partial charge < -0.3 is 60.4 Å². The van der Waals surface area contributed by atoms with Crippen LogP contribution in [-0.4, -0.2) is 134 Å². The second-order valence-corrected chi connectivity index (χ2v) is 14.8. The third-order valence-corrected chi connectivity index (χ3v) is 10.3. The summed E-state index contributed by atoms with van der Waals surface area (Å²) in [6.07, 6.45) is -7.88. The van der Waals surface area contributed by atoms with Crippen molar-refractivity contribution in [3.8, 4) is 11.5 Å². The molecule has 0 saturated carbocycles. The van der Waals surface area contributed by atoms with E-state index in [0.29, 0.717) is 11.0 Å². The highest BCUT2D eigenvalue weighted by Gasteiger charge is 2.46. The van der Waals surface area contributed by atoms with E-state index >= 15 is 0 Å². The van der Waals surface area contributed by atoms with E-state index in [2.05, 4.69) is 38.7 Å². The zero-order valence-electron chi connectivity index (χ0n) is 28.0. The van der Waals surface area contributed by atoms with Crippen LogP contribution in [0.3, 0.4) is 0 Å². The molecular formula is C27H35N9O16P2. The average molecular weight is 804 g/mol. The fraction of sp³-hybridized carbons (Fsp3) is 0.444. The first-order chi connectivity index (χ1) is 25.2. The summed E-state index contributed by atoms with van der Waals surface area (Å²) in [5.74, 6) is 0.0340. The van der Waals surface area contributed by atoms with Crippen LogP contribution < -0.4 is 17.0 Å². The summed E-state index contributed by atoms with van der Waals surface area (Å²) >= 11 is 0. The molecule has 3 aromatic rings. The number of benzene rings is 1. The molecule has 1 aromatic carbocycles. The third kappa shape index (κ3) is 8.86. The Kier molecular flexibility index (Phi) is 12.1. The number of imidazole rings is 1. The highest BCUT2D eigenvalue weighted by molar-refractivity contribution is 7.60. The number of nitrogens with two attached hydrogens (primary N) is 1. The number of aryl methyl sites for hydroxylation is 2. The number of aromatic amines is 1. The van der Waals surface area contributed by atoms with E-state index in [1.54, 1.807) is 12.1 Å². The summed E-state index contributed by atoms with van der Waals surface area (Å²) in [5.41, 5.74) is 7.22. The maximum absolute atomic E-state index is 12.2. The van der Waals surface area contributed by atoms with Crippen molar-refractivity contribution in [2.45, 2.75) is 63.2 Å². The minimum Gasteiger partial charge on any atom is -0.394 e. The van der Waals surface area contributed by atoms with Crippen LogP contribution in [-0.2, 0) is 29.2 Å². The highest BCUT2D eigenvalue weighted by Crippen LogP contribution is 2.57. The molecule has 3 aliphatic heterocycles. The van der Waals surface area contributed by atoms with Gasteiger partial charge in [0.05, 0.1) is 37.1 Å². The van der Waals surface area contributed by atoms with Gasteiger partial charge in [0, 0.05) is 0 Å². The number of phosphoric acid groups is 2. The van der Waals surface area contributed by atoms with Gasteiger partial charge in [0.2, 0.25) is 0 Å². The summed E-state index contributed by atoms with van der Waals surface area (Å²) in [5, 5.41) is 59.1. The number of fused-ring (bicyclic) bond motifs is 3. The molecule has 0 bridgehead atoms. The molecule has 1 saturated heterocycles. The Bertz CT molecular complexity index is 2330. The molecule has 1 fully saturated rings. The van der Waals surface area contributed by atoms with Crippen LogP contribution in [0.1, 0.15) is 17.4 Å². The monoisotopic (exact) mass is 803 g/mol. The van der Waals surface area contributed by atoms with Crippen molar-refractivity contribution in [1.82, 2.24) is 39.0 Å². The molecule has 0 spiro atoms. The largest absolute Gasteiger partial charge is 0.481 e. The molecule has 6 rings (SSSR count). The fourth-order valence-corrected chi connectivity index (χ4v) is 6.97. The van der Waals surface area contributed by atoms with E-state index in [1.807, 2.05) is 13.8 Å². The maximum atomic E-state index is 12.2. The van der Waals surface area contributed by atoms with Crippen molar-refractivity contribution in [2.75, 3.05) is 18.9 Å². The van der Waals surface area contributed by atoms with E-state index in [1.165, 1.54) is 15.5 Å². The lowest BCUT2D eigenvalue weighted by Crippen LogP contribution is -2.42. The lowest BCUT2D eigenvalue weighted by molar-refractivity contribution is -0.0802. The number of rotatable bonds is 11. The van der Waals surface area contributed by atoms with Gasteiger partial charge >= 0.3 is 21.3 Å². The average Bonchev–Trinajstić information content (AvgIpc) is 3.64. The Balaban J connectivity index is 0.000000208. The number of aliphatic hydroxyl groups is 6. The lowest BCUT2D eigenvalue weighted by Gasteiger charge is -2.25. The molecule has 1 unspecified atom stereocenters. The summed E-state index contributed by atoms with van der Waals surface area (Å²) in [6, 6.07) is 3.53. The summed E-state index contributed by atoms with van der Waals surface area (Å²) in [6.45, 7) is 1.92. The van der Waals surface area contributed by atoms with Gasteiger partial charge in [-0.05, 0) is 37.1 Å². The molecule has 294 valence electrons. The van der Waals surface area contributed by atoms with E-state index in [4.69, 9.17) is 25.4 Å². The first-order valence-corrected chi connectivity index (χ1v) is 18.5. The number of H-pyrrole nitrogens is 1. The number of anilines is 1. The van der Waals surface area contributed by atoms with Crippen molar-refractivity contribution in [1.29, 1.82) is 0 Å². The van der Waals surface area contributed by atoms with Crippen LogP contribution in [0, 0.1) is 13.8 Å². The van der Waals surface area contributed by atoms with Crippen molar-refractivity contribution < 1.29 is 68.0 Å². The van der Waals surface area contributed by atoms with Gasteiger partial charge in [-0.25, -0.2) is 33.9 Å². The minimum atomic E-state index is -5.29. The van der Waals surface area contributed by atoms with E-state index < -0.39 is 83.0 Å². The van der Waals surface area contributed by atoms with E-state index in [9.17, 15) is 49.1 Å². The molecule has 0 amide bonds. The van der Waals surface area contributed by atoms with Crippen LogP contribution >= 0.6 is 15.6 Å². The number of aliphatic hydroxyl groups excluding tert-OH is 6. The number of ether oxygens (including phenoxy) is 1. The van der Waals surface area contributed by atoms with Crippen molar-refractivity contribution in [2.24, 2.45) is 0 Å². The first-order valence-electron chi connectivity index (χ1n) is 15.5. The summed E-state index contributed by atoms with van der Waals surface area (Å²) in [7, 11) is -10.4. The van der Waals surface area contributed by atoms with Gasteiger partial charge in [-0.1, -0.05) is 0 Å². The van der Waals surface area contributed by atoms with Crippen molar-refractivity contribution in [3.05, 3.63) is 56.8 Å². The second kappa shape index (κ2) is 15.9. The molecule has 54 heavy (non-hydrogen) atoms.